The molecule has 3 nitrogen and oxygen atoms in total. The van der Waals surface area contributed by atoms with Gasteiger partial charge in [-0.1, -0.05) is 30.3 Å². The van der Waals surface area contributed by atoms with Gasteiger partial charge >= 0.3 is 6.03 Å². The summed E-state index contributed by atoms with van der Waals surface area (Å²) >= 11 is 0. The maximum absolute atomic E-state index is 11.8. The molecule has 3 heteroatoms. The van der Waals surface area contributed by atoms with Gasteiger partial charge in [0.25, 0.3) is 0 Å². The number of nitrogens with one attached hydrogen (secondary N) is 2. The van der Waals surface area contributed by atoms with Crippen LogP contribution >= 0.6 is 0 Å². The Morgan fingerprint density at radius 2 is 1.89 bits per heavy atom. The minimum atomic E-state index is -0.0278. The summed E-state index contributed by atoms with van der Waals surface area (Å²) in [7, 11) is 0. The van der Waals surface area contributed by atoms with Gasteiger partial charge in [0.15, 0.2) is 0 Å². The first-order chi connectivity index (χ1) is 9.15. The molecule has 2 unspecified atom stereocenters. The van der Waals surface area contributed by atoms with Crippen LogP contribution in [0.5, 0.6) is 0 Å². The van der Waals surface area contributed by atoms with Crippen LogP contribution in [0.1, 0.15) is 38.7 Å². The Morgan fingerprint density at radius 1 is 1.21 bits per heavy atom. The second-order valence-corrected chi connectivity index (χ2v) is 5.67. The van der Waals surface area contributed by atoms with Crippen molar-refractivity contribution in [2.45, 2.75) is 51.6 Å². The molecule has 104 valence electrons. The third kappa shape index (κ3) is 4.93. The summed E-state index contributed by atoms with van der Waals surface area (Å²) in [6, 6.07) is 10.9. The lowest BCUT2D eigenvalue weighted by Crippen LogP contribution is -2.45. The lowest BCUT2D eigenvalue weighted by atomic mass is 10.1. The van der Waals surface area contributed by atoms with Crippen LogP contribution in [-0.2, 0) is 6.42 Å². The van der Waals surface area contributed by atoms with Crippen molar-refractivity contribution in [2.75, 3.05) is 0 Å². The number of carbonyl (C=O) groups excluding carboxylic acids is 1. The van der Waals surface area contributed by atoms with Gasteiger partial charge in [0.1, 0.15) is 0 Å². The Bertz CT molecular complexity index is 400. The van der Waals surface area contributed by atoms with E-state index in [4.69, 9.17) is 0 Å². The lowest BCUT2D eigenvalue weighted by molar-refractivity contribution is 0.232. The normalized spacial score (nSPS) is 17.6. The van der Waals surface area contributed by atoms with Crippen molar-refractivity contribution < 1.29 is 4.79 Å². The van der Waals surface area contributed by atoms with Crippen LogP contribution in [0.25, 0.3) is 0 Å². The molecule has 0 spiro atoms. The van der Waals surface area contributed by atoms with Gasteiger partial charge in [-0.3, -0.25) is 0 Å². The maximum atomic E-state index is 11.8. The summed E-state index contributed by atoms with van der Waals surface area (Å²) in [5.41, 5.74) is 1.32. The van der Waals surface area contributed by atoms with Gasteiger partial charge in [-0.25, -0.2) is 4.79 Å². The number of rotatable bonds is 6. The van der Waals surface area contributed by atoms with Crippen LogP contribution in [0.3, 0.4) is 0 Å². The Balaban J connectivity index is 1.65. The molecule has 1 fully saturated rings. The molecule has 2 atom stereocenters. The molecule has 0 heterocycles. The van der Waals surface area contributed by atoms with E-state index in [-0.39, 0.29) is 12.1 Å². The third-order valence-corrected chi connectivity index (χ3v) is 3.77. The predicted octanol–water partition coefficient (Wildman–Crippen LogP) is 3.11. The molecule has 2 rings (SSSR count). The quantitative estimate of drug-likeness (QED) is 0.810. The number of carbonyl (C=O) groups is 1. The molecule has 0 bridgehead atoms. The fraction of sp³-hybridized carbons (Fsp3) is 0.562. The van der Waals surface area contributed by atoms with E-state index < -0.39 is 0 Å². The number of benzene rings is 1. The number of aryl methyl sites for hydroxylation is 1. The van der Waals surface area contributed by atoms with Gasteiger partial charge in [0, 0.05) is 12.1 Å². The Kier molecular flexibility index (Phi) is 4.83. The Hall–Kier alpha value is -1.51. The average Bonchev–Trinajstić information content (AvgIpc) is 3.21. The molecule has 1 aliphatic carbocycles. The molecule has 19 heavy (non-hydrogen) atoms. The SMILES string of the molecule is CC(CCc1ccccc1)NC(=O)NC(C)C1CC1. The van der Waals surface area contributed by atoms with Crippen molar-refractivity contribution in [1.29, 1.82) is 0 Å². The van der Waals surface area contributed by atoms with Crippen LogP contribution in [0.2, 0.25) is 0 Å². The van der Waals surface area contributed by atoms with Crippen molar-refractivity contribution >= 4 is 6.03 Å². The van der Waals surface area contributed by atoms with Crippen LogP contribution in [0.15, 0.2) is 30.3 Å². The topological polar surface area (TPSA) is 41.1 Å². The number of amides is 2. The molecule has 1 saturated carbocycles. The van der Waals surface area contributed by atoms with E-state index in [1.807, 2.05) is 6.07 Å². The Morgan fingerprint density at radius 3 is 2.53 bits per heavy atom. The number of hydrogen-bond donors (Lipinski definition) is 2. The van der Waals surface area contributed by atoms with Crippen LogP contribution in [0.4, 0.5) is 4.79 Å². The minimum absolute atomic E-state index is 0.0278. The van der Waals surface area contributed by atoms with E-state index in [0.717, 1.165) is 12.8 Å². The average molecular weight is 260 g/mol. The van der Waals surface area contributed by atoms with E-state index in [0.29, 0.717) is 12.0 Å². The van der Waals surface area contributed by atoms with Crippen LogP contribution in [-0.4, -0.2) is 18.1 Å². The zero-order valence-electron chi connectivity index (χ0n) is 11.9. The van der Waals surface area contributed by atoms with Gasteiger partial charge in [-0.15, -0.1) is 0 Å². The molecule has 0 aromatic heterocycles. The number of hydrogen-bond acceptors (Lipinski definition) is 1. The second kappa shape index (κ2) is 6.60. The Labute approximate surface area is 115 Å². The molecule has 2 amide bonds. The first-order valence-corrected chi connectivity index (χ1v) is 7.26. The number of urea groups is 1. The summed E-state index contributed by atoms with van der Waals surface area (Å²) in [5.74, 6) is 0.699. The van der Waals surface area contributed by atoms with Crippen molar-refractivity contribution in [1.82, 2.24) is 10.6 Å². The zero-order valence-corrected chi connectivity index (χ0v) is 11.9. The summed E-state index contributed by atoms with van der Waals surface area (Å²) in [6.07, 6.45) is 4.48. The smallest absolute Gasteiger partial charge is 0.315 e. The van der Waals surface area contributed by atoms with E-state index in [1.165, 1.54) is 18.4 Å². The molecule has 0 saturated heterocycles. The fourth-order valence-electron chi connectivity index (χ4n) is 2.29. The molecular weight excluding hydrogens is 236 g/mol. The van der Waals surface area contributed by atoms with Crippen LogP contribution in [0, 0.1) is 5.92 Å². The highest BCUT2D eigenvalue weighted by atomic mass is 16.2. The lowest BCUT2D eigenvalue weighted by Gasteiger charge is -2.18. The van der Waals surface area contributed by atoms with Gasteiger partial charge < -0.3 is 10.6 Å². The zero-order chi connectivity index (χ0) is 13.7. The highest BCUT2D eigenvalue weighted by Gasteiger charge is 2.28. The largest absolute Gasteiger partial charge is 0.336 e. The fourth-order valence-corrected chi connectivity index (χ4v) is 2.29. The van der Waals surface area contributed by atoms with Gasteiger partial charge in [-0.2, -0.15) is 0 Å². The highest BCUT2D eigenvalue weighted by molar-refractivity contribution is 5.74. The predicted molar refractivity (Wildman–Crippen MR) is 78.1 cm³/mol. The monoisotopic (exact) mass is 260 g/mol. The van der Waals surface area contributed by atoms with Crippen molar-refractivity contribution in [3.05, 3.63) is 35.9 Å². The summed E-state index contributed by atoms with van der Waals surface area (Å²) in [4.78, 5) is 11.8. The maximum Gasteiger partial charge on any atom is 0.315 e. The second-order valence-electron chi connectivity index (χ2n) is 5.67. The van der Waals surface area contributed by atoms with Crippen LogP contribution < -0.4 is 10.6 Å². The first-order valence-electron chi connectivity index (χ1n) is 7.26. The van der Waals surface area contributed by atoms with Gasteiger partial charge in [0.05, 0.1) is 0 Å². The molecular formula is C16H24N2O. The van der Waals surface area contributed by atoms with Gasteiger partial charge in [-0.05, 0) is 51.0 Å². The molecule has 0 aliphatic heterocycles. The standard InChI is InChI=1S/C16H24N2O/c1-12(8-9-14-6-4-3-5-7-14)17-16(19)18-13(2)15-10-11-15/h3-7,12-13,15H,8-11H2,1-2H3,(H2,17,18,19). The molecule has 1 aromatic carbocycles. The molecule has 1 aromatic rings. The highest BCUT2D eigenvalue weighted by Crippen LogP contribution is 2.32. The van der Waals surface area contributed by atoms with E-state index >= 15 is 0 Å². The van der Waals surface area contributed by atoms with Crippen molar-refractivity contribution in [3.8, 4) is 0 Å². The van der Waals surface area contributed by atoms with Crippen molar-refractivity contribution in [3.63, 3.8) is 0 Å². The first kappa shape index (κ1) is 13.9. The van der Waals surface area contributed by atoms with Gasteiger partial charge in [0.2, 0.25) is 0 Å². The summed E-state index contributed by atoms with van der Waals surface area (Å²) in [6.45, 7) is 4.15. The van der Waals surface area contributed by atoms with E-state index in [1.54, 1.807) is 0 Å². The molecule has 0 radical (unpaired) electrons. The van der Waals surface area contributed by atoms with Crippen molar-refractivity contribution in [2.24, 2.45) is 5.92 Å². The molecule has 1 aliphatic rings. The third-order valence-electron chi connectivity index (χ3n) is 3.77. The minimum Gasteiger partial charge on any atom is -0.336 e. The van der Waals surface area contributed by atoms with E-state index in [9.17, 15) is 4.79 Å². The summed E-state index contributed by atoms with van der Waals surface area (Å²) < 4.78 is 0. The summed E-state index contributed by atoms with van der Waals surface area (Å²) in [5, 5.41) is 6.03. The molecule has 2 N–H and O–H groups in total. The van der Waals surface area contributed by atoms with E-state index in [2.05, 4.69) is 48.7 Å².